The first-order chi connectivity index (χ1) is 9.95. The molecule has 21 heavy (non-hydrogen) atoms. The van der Waals surface area contributed by atoms with E-state index < -0.39 is 23.3 Å². The maximum Gasteiger partial charge on any atom is 0.323 e. The molecule has 0 fully saturated rings. The van der Waals surface area contributed by atoms with Crippen molar-refractivity contribution in [3.63, 3.8) is 0 Å². The van der Waals surface area contributed by atoms with Gasteiger partial charge in [0.2, 0.25) is 0 Å². The lowest BCUT2D eigenvalue weighted by Gasteiger charge is -2.27. The summed E-state index contributed by atoms with van der Waals surface area (Å²) in [6.07, 6.45) is 0.710. The lowest BCUT2D eigenvalue weighted by Crippen LogP contribution is -2.55. The van der Waals surface area contributed by atoms with E-state index in [9.17, 15) is 19.5 Å². The fourth-order valence-corrected chi connectivity index (χ4v) is 2.39. The molecule has 0 atom stereocenters. The summed E-state index contributed by atoms with van der Waals surface area (Å²) in [5.41, 5.74) is 3.38. The maximum atomic E-state index is 11.6. The second-order valence-electron chi connectivity index (χ2n) is 4.43. The van der Waals surface area contributed by atoms with Gasteiger partial charge in [-0.05, 0) is 24.3 Å². The number of hydrogen-bond acceptors (Lipinski definition) is 5. The van der Waals surface area contributed by atoms with Gasteiger partial charge < -0.3 is 5.11 Å². The highest BCUT2D eigenvalue weighted by atomic mass is 32.1. The molecule has 0 bridgehead atoms. The number of nitrogens with one attached hydrogen (secondary N) is 3. The minimum atomic E-state index is -1.13. The number of carbonyl (C=O) groups is 3. The number of hydrazine groups is 1. The van der Waals surface area contributed by atoms with Crippen LogP contribution < -0.4 is 16.2 Å². The Balaban J connectivity index is 2.43. The molecule has 0 aliphatic rings. The van der Waals surface area contributed by atoms with E-state index in [1.54, 1.807) is 31.4 Å². The zero-order chi connectivity index (χ0) is 15.9. The molecule has 1 rings (SSSR count). The highest BCUT2D eigenvalue weighted by molar-refractivity contribution is 7.12. The monoisotopic (exact) mass is 313 g/mol. The smallest absolute Gasteiger partial charge is 0.323 e. The number of carboxylic acids is 1. The van der Waals surface area contributed by atoms with Crippen molar-refractivity contribution < 1.29 is 19.5 Å². The van der Waals surface area contributed by atoms with E-state index in [1.807, 2.05) is 0 Å². The van der Waals surface area contributed by atoms with Gasteiger partial charge in [-0.3, -0.25) is 30.6 Å². The van der Waals surface area contributed by atoms with E-state index in [0.717, 1.165) is 0 Å². The molecule has 4 N–H and O–H groups in total. The van der Waals surface area contributed by atoms with Gasteiger partial charge >= 0.3 is 5.97 Å². The fourth-order valence-electron chi connectivity index (χ4n) is 1.77. The summed E-state index contributed by atoms with van der Waals surface area (Å²) in [4.78, 5) is 35.0. The van der Waals surface area contributed by atoms with E-state index in [2.05, 4.69) is 16.2 Å². The first-order valence-corrected chi connectivity index (χ1v) is 7.44. The molecule has 0 spiro atoms. The van der Waals surface area contributed by atoms with E-state index in [-0.39, 0.29) is 6.54 Å². The minimum Gasteiger partial charge on any atom is -0.480 e. The molecular weight excluding hydrogens is 294 g/mol. The average Bonchev–Trinajstić information content (AvgIpc) is 3.00. The average molecular weight is 313 g/mol. The quantitative estimate of drug-likeness (QED) is 0.555. The molecule has 0 aromatic carbocycles. The highest BCUT2D eigenvalue weighted by Gasteiger charge is 2.34. The van der Waals surface area contributed by atoms with Crippen molar-refractivity contribution in [2.75, 3.05) is 6.54 Å². The predicted molar refractivity (Wildman–Crippen MR) is 78.9 cm³/mol. The van der Waals surface area contributed by atoms with E-state index in [0.29, 0.717) is 17.7 Å². The maximum absolute atomic E-state index is 11.6. The number of carbonyl (C=O) groups excluding carboxylic acids is 2. The van der Waals surface area contributed by atoms with Crippen LogP contribution in [0.1, 0.15) is 36.4 Å². The van der Waals surface area contributed by atoms with Gasteiger partial charge in [-0.25, -0.2) is 0 Å². The third-order valence-electron chi connectivity index (χ3n) is 3.26. The third-order valence-corrected chi connectivity index (χ3v) is 4.13. The molecule has 1 heterocycles. The molecule has 2 amide bonds. The van der Waals surface area contributed by atoms with Crippen molar-refractivity contribution in [3.05, 3.63) is 22.4 Å². The van der Waals surface area contributed by atoms with Crippen LogP contribution in [0.15, 0.2) is 17.5 Å². The van der Waals surface area contributed by atoms with Crippen molar-refractivity contribution in [3.8, 4) is 0 Å². The first kappa shape index (κ1) is 17.1. The molecule has 8 heteroatoms. The predicted octanol–water partition coefficient (Wildman–Crippen LogP) is 0.742. The fraction of sp³-hybridized carbons (Fsp3) is 0.462. The van der Waals surface area contributed by atoms with E-state index in [4.69, 9.17) is 0 Å². The Hall–Kier alpha value is -1.93. The Morgan fingerprint density at radius 2 is 1.90 bits per heavy atom. The van der Waals surface area contributed by atoms with Crippen LogP contribution in [-0.2, 0) is 9.59 Å². The van der Waals surface area contributed by atoms with Crippen LogP contribution in [0, 0.1) is 0 Å². The molecule has 116 valence electrons. The van der Waals surface area contributed by atoms with Gasteiger partial charge in [0.15, 0.2) is 0 Å². The summed E-state index contributed by atoms with van der Waals surface area (Å²) in [6, 6.07) is 3.36. The Morgan fingerprint density at radius 3 is 2.38 bits per heavy atom. The summed E-state index contributed by atoms with van der Waals surface area (Å²) in [5, 5.41) is 13.7. The van der Waals surface area contributed by atoms with Crippen LogP contribution in [0.4, 0.5) is 0 Å². The van der Waals surface area contributed by atoms with Crippen LogP contribution >= 0.6 is 11.3 Å². The Labute approximate surface area is 126 Å². The summed E-state index contributed by atoms with van der Waals surface area (Å²) in [6.45, 7) is 3.28. The van der Waals surface area contributed by atoms with Crippen molar-refractivity contribution in [1.82, 2.24) is 16.2 Å². The van der Waals surface area contributed by atoms with Gasteiger partial charge in [0.25, 0.3) is 11.8 Å². The number of rotatable bonds is 7. The highest BCUT2D eigenvalue weighted by Crippen LogP contribution is 2.14. The van der Waals surface area contributed by atoms with Crippen LogP contribution in [0.25, 0.3) is 0 Å². The first-order valence-electron chi connectivity index (χ1n) is 6.56. The summed E-state index contributed by atoms with van der Waals surface area (Å²) < 4.78 is 0. The molecule has 0 aliphatic carbocycles. The van der Waals surface area contributed by atoms with Crippen molar-refractivity contribution >= 4 is 29.1 Å². The number of carboxylic acid groups (broad SMARTS) is 1. The number of aliphatic carboxylic acids is 1. The lowest BCUT2D eigenvalue weighted by atomic mass is 9.93. The largest absolute Gasteiger partial charge is 0.480 e. The van der Waals surface area contributed by atoms with Gasteiger partial charge in [0, 0.05) is 0 Å². The number of hydrogen-bond donors (Lipinski definition) is 4. The van der Waals surface area contributed by atoms with Gasteiger partial charge in [0.05, 0.1) is 11.4 Å². The van der Waals surface area contributed by atoms with Crippen LogP contribution in [-0.4, -0.2) is 35.0 Å². The molecule has 7 nitrogen and oxygen atoms in total. The zero-order valence-electron chi connectivity index (χ0n) is 11.9. The van der Waals surface area contributed by atoms with Crippen LogP contribution in [0.2, 0.25) is 0 Å². The van der Waals surface area contributed by atoms with Gasteiger partial charge in [-0.1, -0.05) is 19.9 Å². The van der Waals surface area contributed by atoms with E-state index >= 15 is 0 Å². The number of thiophene rings is 1. The second kappa shape index (κ2) is 7.75. The summed E-state index contributed by atoms with van der Waals surface area (Å²) >= 11 is 1.25. The molecule has 0 aliphatic heterocycles. The molecule has 0 saturated carbocycles. The standard InChI is InChI=1S/C13H19N3O4S/c1-3-13(4-2,12(19)20)14-8-10(17)15-16-11(18)9-6-5-7-21-9/h5-7,14H,3-4,8H2,1-2H3,(H,15,17)(H,16,18)(H,19,20). The molecule has 1 aromatic rings. The molecule has 0 radical (unpaired) electrons. The van der Waals surface area contributed by atoms with Gasteiger partial charge in [-0.2, -0.15) is 0 Å². The van der Waals surface area contributed by atoms with E-state index in [1.165, 1.54) is 11.3 Å². The Kier molecular flexibility index (Phi) is 6.32. The second-order valence-corrected chi connectivity index (χ2v) is 5.38. The lowest BCUT2D eigenvalue weighted by molar-refractivity contribution is -0.145. The molecule has 1 aromatic heterocycles. The topological polar surface area (TPSA) is 108 Å². The minimum absolute atomic E-state index is 0.196. The summed E-state index contributed by atoms with van der Waals surface area (Å²) in [7, 11) is 0. The zero-order valence-corrected chi connectivity index (χ0v) is 12.8. The van der Waals surface area contributed by atoms with Crippen LogP contribution in [0.5, 0.6) is 0 Å². The van der Waals surface area contributed by atoms with Crippen molar-refractivity contribution in [1.29, 1.82) is 0 Å². The summed E-state index contributed by atoms with van der Waals surface area (Å²) in [5.74, 6) is -1.91. The Morgan fingerprint density at radius 1 is 1.24 bits per heavy atom. The van der Waals surface area contributed by atoms with Crippen molar-refractivity contribution in [2.24, 2.45) is 0 Å². The molecule has 0 saturated heterocycles. The van der Waals surface area contributed by atoms with Crippen molar-refractivity contribution in [2.45, 2.75) is 32.2 Å². The SMILES string of the molecule is CCC(CC)(NCC(=O)NNC(=O)c1cccs1)C(=O)O. The van der Waals surface area contributed by atoms with Crippen LogP contribution in [0.3, 0.4) is 0 Å². The third kappa shape index (κ3) is 4.54. The number of amides is 2. The molecule has 0 unspecified atom stereocenters. The van der Waals surface area contributed by atoms with Gasteiger partial charge in [-0.15, -0.1) is 11.3 Å². The van der Waals surface area contributed by atoms with Gasteiger partial charge in [0.1, 0.15) is 5.54 Å². The molecular formula is C13H19N3O4S. The Bertz CT molecular complexity index is 498. The normalized spacial score (nSPS) is 11.0.